The Hall–Kier alpha value is -1.59. The smallest absolute Gasteiger partial charge is 0.324 e. The summed E-state index contributed by atoms with van der Waals surface area (Å²) in [6.45, 7) is 5.37. The first-order valence-electron chi connectivity index (χ1n) is 6.61. The van der Waals surface area contributed by atoms with E-state index in [0.29, 0.717) is 24.6 Å². The van der Waals surface area contributed by atoms with Crippen LogP contribution in [0.4, 0.5) is 5.95 Å². The lowest BCUT2D eigenvalue weighted by atomic mass is 9.96. The van der Waals surface area contributed by atoms with Gasteiger partial charge < -0.3 is 14.8 Å². The van der Waals surface area contributed by atoms with Crippen molar-refractivity contribution in [2.45, 2.75) is 45.6 Å². The maximum Gasteiger partial charge on any atom is 0.324 e. The summed E-state index contributed by atoms with van der Waals surface area (Å²) in [4.78, 5) is 12.6. The predicted molar refractivity (Wildman–Crippen MR) is 68.0 cm³/mol. The lowest BCUT2D eigenvalue weighted by Gasteiger charge is -2.25. The van der Waals surface area contributed by atoms with Gasteiger partial charge in [-0.1, -0.05) is 6.92 Å². The lowest BCUT2D eigenvalue weighted by molar-refractivity contribution is 0.106. The molecule has 0 atom stereocenters. The van der Waals surface area contributed by atoms with E-state index in [-0.39, 0.29) is 6.10 Å². The minimum absolute atomic E-state index is 0.251. The van der Waals surface area contributed by atoms with Crippen LogP contribution >= 0.6 is 0 Å². The van der Waals surface area contributed by atoms with Crippen molar-refractivity contribution in [2.24, 2.45) is 0 Å². The Balaban J connectivity index is 2.07. The average molecular weight is 252 g/mol. The first-order chi connectivity index (χ1) is 8.81. The van der Waals surface area contributed by atoms with Gasteiger partial charge in [-0.2, -0.15) is 9.97 Å². The third-order valence-corrected chi connectivity index (χ3v) is 2.69. The number of nitrogens with one attached hydrogen (secondary N) is 1. The summed E-state index contributed by atoms with van der Waals surface area (Å²) in [6, 6.07) is 0.689. The predicted octanol–water partition coefficient (Wildman–Crippen LogP) is 2.02. The van der Waals surface area contributed by atoms with E-state index in [1.54, 1.807) is 0 Å². The molecule has 1 aliphatic rings. The quantitative estimate of drug-likeness (QED) is 0.800. The van der Waals surface area contributed by atoms with Gasteiger partial charge in [-0.25, -0.2) is 0 Å². The fourth-order valence-electron chi connectivity index (χ4n) is 1.52. The van der Waals surface area contributed by atoms with Crippen LogP contribution in [-0.4, -0.2) is 34.2 Å². The van der Waals surface area contributed by atoms with Crippen molar-refractivity contribution in [3.05, 3.63) is 0 Å². The van der Waals surface area contributed by atoms with Crippen LogP contribution in [0.25, 0.3) is 0 Å². The summed E-state index contributed by atoms with van der Waals surface area (Å²) < 4.78 is 11.1. The van der Waals surface area contributed by atoms with Crippen LogP contribution < -0.4 is 14.8 Å². The number of hydrogen-bond acceptors (Lipinski definition) is 6. The molecule has 0 bridgehead atoms. The zero-order valence-corrected chi connectivity index (χ0v) is 11.0. The Morgan fingerprint density at radius 2 is 1.94 bits per heavy atom. The Bertz CT molecular complexity index is 382. The fourth-order valence-corrected chi connectivity index (χ4v) is 1.52. The molecule has 1 aromatic rings. The number of aromatic nitrogens is 3. The first kappa shape index (κ1) is 12.9. The van der Waals surface area contributed by atoms with Gasteiger partial charge >= 0.3 is 12.0 Å². The number of hydrogen-bond donors (Lipinski definition) is 1. The second kappa shape index (κ2) is 6.37. The van der Waals surface area contributed by atoms with Gasteiger partial charge in [0.2, 0.25) is 5.95 Å². The van der Waals surface area contributed by atoms with E-state index in [2.05, 4.69) is 20.3 Å². The summed E-state index contributed by atoms with van der Waals surface area (Å²) in [5.41, 5.74) is 0. The number of anilines is 1. The third kappa shape index (κ3) is 3.45. The molecule has 0 unspecified atom stereocenters. The summed E-state index contributed by atoms with van der Waals surface area (Å²) >= 11 is 0. The maximum atomic E-state index is 5.68. The Kier molecular flexibility index (Phi) is 4.55. The van der Waals surface area contributed by atoms with Crippen LogP contribution in [0.1, 0.15) is 39.5 Å². The molecule has 100 valence electrons. The van der Waals surface area contributed by atoms with Crippen LogP contribution in [0, 0.1) is 0 Å². The van der Waals surface area contributed by atoms with Gasteiger partial charge in [0, 0.05) is 6.54 Å². The molecule has 1 saturated carbocycles. The molecule has 18 heavy (non-hydrogen) atoms. The van der Waals surface area contributed by atoms with Crippen molar-refractivity contribution in [3.63, 3.8) is 0 Å². The van der Waals surface area contributed by atoms with E-state index < -0.39 is 0 Å². The molecule has 1 aromatic heterocycles. The summed E-state index contributed by atoms with van der Waals surface area (Å²) in [6.07, 6.45) is 4.54. The van der Waals surface area contributed by atoms with Gasteiger partial charge in [-0.05, 0) is 32.6 Å². The Morgan fingerprint density at radius 1 is 1.17 bits per heavy atom. The standard InChI is InChI=1S/C12H20N4O2/c1-3-8-17-11-14-10(13-4-2)15-12(16-11)18-9-6-5-7-9/h9H,3-8H2,1-2H3,(H,13,14,15,16). The lowest BCUT2D eigenvalue weighted by Crippen LogP contribution is -2.25. The molecular formula is C12H20N4O2. The van der Waals surface area contributed by atoms with Crippen molar-refractivity contribution in [1.29, 1.82) is 0 Å². The van der Waals surface area contributed by atoms with Crippen molar-refractivity contribution in [1.82, 2.24) is 15.0 Å². The molecule has 0 spiro atoms. The molecule has 0 aliphatic heterocycles. The Morgan fingerprint density at radius 3 is 2.56 bits per heavy atom. The summed E-state index contributed by atoms with van der Waals surface area (Å²) in [5.74, 6) is 0.507. The van der Waals surface area contributed by atoms with E-state index in [0.717, 1.165) is 25.8 Å². The van der Waals surface area contributed by atoms with E-state index in [4.69, 9.17) is 9.47 Å². The van der Waals surface area contributed by atoms with E-state index >= 15 is 0 Å². The molecule has 1 aliphatic carbocycles. The normalized spacial score (nSPS) is 15.0. The minimum atomic E-state index is 0.251. The maximum absolute atomic E-state index is 5.68. The number of nitrogens with zero attached hydrogens (tertiary/aromatic N) is 3. The third-order valence-electron chi connectivity index (χ3n) is 2.69. The zero-order valence-electron chi connectivity index (χ0n) is 11.0. The highest BCUT2D eigenvalue weighted by Crippen LogP contribution is 2.24. The van der Waals surface area contributed by atoms with Gasteiger partial charge in [-0.3, -0.25) is 0 Å². The molecule has 1 heterocycles. The first-order valence-corrected chi connectivity index (χ1v) is 6.61. The highest BCUT2D eigenvalue weighted by atomic mass is 16.5. The molecule has 0 saturated heterocycles. The van der Waals surface area contributed by atoms with Gasteiger partial charge in [-0.15, -0.1) is 4.98 Å². The SMILES string of the molecule is CCCOc1nc(NCC)nc(OC2CCC2)n1. The van der Waals surface area contributed by atoms with E-state index in [9.17, 15) is 0 Å². The van der Waals surface area contributed by atoms with Gasteiger partial charge in [0.25, 0.3) is 0 Å². The van der Waals surface area contributed by atoms with Crippen LogP contribution in [0.2, 0.25) is 0 Å². The molecular weight excluding hydrogens is 232 g/mol. The second-order valence-corrected chi connectivity index (χ2v) is 4.27. The molecule has 1 N–H and O–H groups in total. The van der Waals surface area contributed by atoms with Gasteiger partial charge in [0.15, 0.2) is 0 Å². The molecule has 2 rings (SSSR count). The van der Waals surface area contributed by atoms with Gasteiger partial charge in [0.05, 0.1) is 6.61 Å². The largest absolute Gasteiger partial charge is 0.463 e. The summed E-state index contributed by atoms with van der Waals surface area (Å²) in [5, 5.41) is 3.05. The van der Waals surface area contributed by atoms with Crippen molar-refractivity contribution in [3.8, 4) is 12.0 Å². The van der Waals surface area contributed by atoms with Crippen molar-refractivity contribution >= 4 is 5.95 Å². The average Bonchev–Trinajstić information content (AvgIpc) is 2.32. The van der Waals surface area contributed by atoms with Crippen molar-refractivity contribution < 1.29 is 9.47 Å². The molecule has 0 aromatic carbocycles. The molecule has 6 nitrogen and oxygen atoms in total. The fraction of sp³-hybridized carbons (Fsp3) is 0.750. The minimum Gasteiger partial charge on any atom is -0.463 e. The molecule has 6 heteroatoms. The molecule has 0 radical (unpaired) electrons. The van der Waals surface area contributed by atoms with Gasteiger partial charge in [0.1, 0.15) is 6.10 Å². The van der Waals surface area contributed by atoms with Crippen LogP contribution in [-0.2, 0) is 0 Å². The zero-order chi connectivity index (χ0) is 12.8. The highest BCUT2D eigenvalue weighted by Gasteiger charge is 2.21. The van der Waals surface area contributed by atoms with Crippen molar-refractivity contribution in [2.75, 3.05) is 18.5 Å². The van der Waals surface area contributed by atoms with E-state index in [1.807, 2.05) is 13.8 Å². The molecule has 1 fully saturated rings. The highest BCUT2D eigenvalue weighted by molar-refractivity contribution is 5.27. The summed E-state index contributed by atoms with van der Waals surface area (Å²) in [7, 11) is 0. The van der Waals surface area contributed by atoms with Crippen LogP contribution in [0.3, 0.4) is 0 Å². The molecule has 0 amide bonds. The Labute approximate surface area is 107 Å². The van der Waals surface area contributed by atoms with Crippen LogP contribution in [0.5, 0.6) is 12.0 Å². The van der Waals surface area contributed by atoms with Crippen LogP contribution in [0.15, 0.2) is 0 Å². The monoisotopic (exact) mass is 252 g/mol. The van der Waals surface area contributed by atoms with E-state index in [1.165, 1.54) is 6.42 Å². The number of ether oxygens (including phenoxy) is 2. The topological polar surface area (TPSA) is 69.2 Å². The second-order valence-electron chi connectivity index (χ2n) is 4.27. The number of rotatable bonds is 7.